The molecule has 110 valence electrons. The van der Waals surface area contributed by atoms with E-state index in [2.05, 4.69) is 19.2 Å². The van der Waals surface area contributed by atoms with Gasteiger partial charge in [-0.05, 0) is 43.4 Å². The van der Waals surface area contributed by atoms with Gasteiger partial charge < -0.3 is 10.1 Å². The average Bonchev–Trinajstić information content (AvgIpc) is 2.80. The van der Waals surface area contributed by atoms with Crippen LogP contribution in [0, 0.1) is 11.3 Å². The second-order valence-electron chi connectivity index (χ2n) is 8.13. The number of rotatable bonds is 2. The number of morpholine rings is 1. The molecule has 1 aliphatic heterocycles. The highest BCUT2D eigenvalue weighted by atomic mass is 16.5. The van der Waals surface area contributed by atoms with E-state index in [1.807, 2.05) is 0 Å². The van der Waals surface area contributed by atoms with Crippen molar-refractivity contribution in [3.8, 4) is 0 Å². The zero-order valence-electron chi connectivity index (χ0n) is 12.8. The Kier molecular flexibility index (Phi) is 3.92. The van der Waals surface area contributed by atoms with Gasteiger partial charge in [-0.25, -0.2) is 0 Å². The van der Waals surface area contributed by atoms with E-state index in [0.717, 1.165) is 19.0 Å². The van der Waals surface area contributed by atoms with E-state index < -0.39 is 0 Å². The molecule has 19 heavy (non-hydrogen) atoms. The fraction of sp³-hybridized carbons (Fsp3) is 1.00. The number of hydrogen-bond acceptors (Lipinski definition) is 2. The number of ether oxygens (including phenoxy) is 1. The molecule has 0 aromatic rings. The summed E-state index contributed by atoms with van der Waals surface area (Å²) < 4.78 is 6.65. The average molecular weight is 265 g/mol. The van der Waals surface area contributed by atoms with Gasteiger partial charge in [0.1, 0.15) is 0 Å². The first kappa shape index (κ1) is 13.9. The summed E-state index contributed by atoms with van der Waals surface area (Å²) in [7, 11) is 0. The number of hydrogen-bond donors (Lipinski definition) is 1. The molecule has 0 radical (unpaired) electrons. The molecule has 2 unspecified atom stereocenters. The first-order valence-electron chi connectivity index (χ1n) is 8.46. The van der Waals surface area contributed by atoms with E-state index in [1.165, 1.54) is 57.8 Å². The van der Waals surface area contributed by atoms with Crippen LogP contribution in [0.5, 0.6) is 0 Å². The van der Waals surface area contributed by atoms with Gasteiger partial charge in [-0.2, -0.15) is 0 Å². The number of nitrogens with one attached hydrogen (secondary N) is 1. The lowest BCUT2D eigenvalue weighted by molar-refractivity contribution is -0.157. The largest absolute Gasteiger partial charge is 0.369 e. The molecule has 2 saturated carbocycles. The van der Waals surface area contributed by atoms with Crippen LogP contribution in [0.25, 0.3) is 0 Å². The van der Waals surface area contributed by atoms with E-state index in [0.29, 0.717) is 11.5 Å². The molecule has 2 nitrogen and oxygen atoms in total. The van der Waals surface area contributed by atoms with Crippen molar-refractivity contribution in [2.45, 2.75) is 83.3 Å². The molecule has 1 saturated heterocycles. The van der Waals surface area contributed by atoms with Crippen LogP contribution in [0.3, 0.4) is 0 Å². The fourth-order valence-corrected chi connectivity index (χ4v) is 4.84. The highest BCUT2D eigenvalue weighted by Gasteiger charge is 2.44. The third-order valence-corrected chi connectivity index (χ3v) is 5.59. The van der Waals surface area contributed by atoms with Crippen molar-refractivity contribution in [1.82, 2.24) is 5.32 Å². The molecule has 1 heterocycles. The maximum atomic E-state index is 6.65. The lowest BCUT2D eigenvalue weighted by Crippen LogP contribution is -2.57. The summed E-state index contributed by atoms with van der Waals surface area (Å²) in [6.45, 7) is 6.99. The predicted octanol–water partition coefficient (Wildman–Crippen LogP) is 3.89. The minimum absolute atomic E-state index is 0.156. The summed E-state index contributed by atoms with van der Waals surface area (Å²) in [6.07, 6.45) is 12.8. The van der Waals surface area contributed by atoms with Gasteiger partial charge in [-0.3, -0.25) is 0 Å². The highest BCUT2D eigenvalue weighted by Crippen LogP contribution is 2.44. The maximum absolute atomic E-state index is 6.65. The predicted molar refractivity (Wildman–Crippen MR) is 79.3 cm³/mol. The van der Waals surface area contributed by atoms with Crippen molar-refractivity contribution in [3.63, 3.8) is 0 Å². The highest BCUT2D eigenvalue weighted by molar-refractivity contribution is 4.97. The maximum Gasteiger partial charge on any atom is 0.0815 e. The van der Waals surface area contributed by atoms with Crippen molar-refractivity contribution in [2.75, 3.05) is 13.1 Å². The third-order valence-electron chi connectivity index (χ3n) is 5.59. The summed E-state index contributed by atoms with van der Waals surface area (Å²) in [5.74, 6) is 0.943. The molecule has 1 spiro atoms. The van der Waals surface area contributed by atoms with Crippen molar-refractivity contribution in [3.05, 3.63) is 0 Å². The summed E-state index contributed by atoms with van der Waals surface area (Å²) in [5, 5.41) is 3.68. The van der Waals surface area contributed by atoms with Crippen LogP contribution in [0.4, 0.5) is 0 Å². The first-order chi connectivity index (χ1) is 9.07. The first-order valence-corrected chi connectivity index (χ1v) is 8.46. The molecule has 0 aromatic heterocycles. The summed E-state index contributed by atoms with van der Waals surface area (Å²) >= 11 is 0. The van der Waals surface area contributed by atoms with Gasteiger partial charge in [0.05, 0.1) is 11.7 Å². The zero-order valence-corrected chi connectivity index (χ0v) is 12.8. The van der Waals surface area contributed by atoms with E-state index >= 15 is 0 Å². The van der Waals surface area contributed by atoms with Crippen LogP contribution < -0.4 is 5.32 Å². The quantitative estimate of drug-likeness (QED) is 0.818. The molecule has 0 amide bonds. The topological polar surface area (TPSA) is 21.3 Å². The van der Waals surface area contributed by atoms with Gasteiger partial charge in [0.15, 0.2) is 0 Å². The molecule has 3 rings (SSSR count). The van der Waals surface area contributed by atoms with E-state index in [4.69, 9.17) is 4.74 Å². The van der Waals surface area contributed by atoms with E-state index in [-0.39, 0.29) is 5.60 Å². The van der Waals surface area contributed by atoms with Crippen LogP contribution in [-0.2, 0) is 4.74 Å². The Hall–Kier alpha value is -0.0800. The molecular weight excluding hydrogens is 234 g/mol. The normalized spacial score (nSPS) is 39.8. The SMILES string of the molecule is CC1(C)CCCC2(CNCC(CC3CCCC3)O2)C1. The van der Waals surface area contributed by atoms with Crippen LogP contribution in [0.15, 0.2) is 0 Å². The molecule has 0 bridgehead atoms. The smallest absolute Gasteiger partial charge is 0.0815 e. The minimum atomic E-state index is 0.156. The molecule has 2 heteroatoms. The van der Waals surface area contributed by atoms with Gasteiger partial charge in [0, 0.05) is 13.1 Å². The fourth-order valence-electron chi connectivity index (χ4n) is 4.84. The molecule has 3 aliphatic rings. The lowest BCUT2D eigenvalue weighted by atomic mass is 9.69. The standard InChI is InChI=1S/C17H31NO/c1-16(2)8-5-9-17(12-16)13-18-11-15(19-17)10-14-6-3-4-7-14/h14-15,18H,3-13H2,1-2H3. The van der Waals surface area contributed by atoms with E-state index in [1.54, 1.807) is 0 Å². The Morgan fingerprint density at radius 1 is 1.11 bits per heavy atom. The van der Waals surface area contributed by atoms with Gasteiger partial charge in [0.25, 0.3) is 0 Å². The molecule has 3 fully saturated rings. The summed E-state index contributed by atoms with van der Waals surface area (Å²) in [5.41, 5.74) is 0.623. The third kappa shape index (κ3) is 3.33. The van der Waals surface area contributed by atoms with Gasteiger partial charge in [-0.1, -0.05) is 39.5 Å². The minimum Gasteiger partial charge on any atom is -0.369 e. The Bertz CT molecular complexity index is 304. The Morgan fingerprint density at radius 2 is 1.89 bits per heavy atom. The molecule has 2 atom stereocenters. The van der Waals surface area contributed by atoms with Crippen LogP contribution in [0.1, 0.15) is 71.6 Å². The molecular formula is C17H31NO. The van der Waals surface area contributed by atoms with Gasteiger partial charge in [-0.15, -0.1) is 0 Å². The second-order valence-corrected chi connectivity index (χ2v) is 8.13. The van der Waals surface area contributed by atoms with Gasteiger partial charge >= 0.3 is 0 Å². The van der Waals surface area contributed by atoms with Crippen molar-refractivity contribution >= 4 is 0 Å². The zero-order chi connectivity index (χ0) is 13.3. The van der Waals surface area contributed by atoms with Crippen molar-refractivity contribution < 1.29 is 4.74 Å². The molecule has 1 N–H and O–H groups in total. The Morgan fingerprint density at radius 3 is 2.63 bits per heavy atom. The monoisotopic (exact) mass is 265 g/mol. The van der Waals surface area contributed by atoms with Crippen LogP contribution in [-0.4, -0.2) is 24.8 Å². The van der Waals surface area contributed by atoms with Crippen LogP contribution >= 0.6 is 0 Å². The molecule has 2 aliphatic carbocycles. The Balaban J connectivity index is 1.60. The Labute approximate surface area is 118 Å². The summed E-state index contributed by atoms with van der Waals surface area (Å²) in [4.78, 5) is 0. The second kappa shape index (κ2) is 5.37. The van der Waals surface area contributed by atoms with Crippen molar-refractivity contribution in [2.24, 2.45) is 11.3 Å². The molecule has 0 aromatic carbocycles. The van der Waals surface area contributed by atoms with Crippen LogP contribution in [0.2, 0.25) is 0 Å². The van der Waals surface area contributed by atoms with E-state index in [9.17, 15) is 0 Å². The van der Waals surface area contributed by atoms with Crippen molar-refractivity contribution in [1.29, 1.82) is 0 Å². The lowest BCUT2D eigenvalue weighted by Gasteiger charge is -2.49. The van der Waals surface area contributed by atoms with Gasteiger partial charge in [0.2, 0.25) is 0 Å². The summed E-state index contributed by atoms with van der Waals surface area (Å²) in [6, 6.07) is 0.